The Bertz CT molecular complexity index is 646. The van der Waals surface area contributed by atoms with Crippen LogP contribution in [0.25, 0.3) is 0 Å². The van der Waals surface area contributed by atoms with Crippen molar-refractivity contribution < 1.29 is 19.5 Å². The molecule has 1 saturated carbocycles. The molecule has 182 valence electrons. The van der Waals surface area contributed by atoms with Crippen molar-refractivity contribution in [3.05, 3.63) is 0 Å². The van der Waals surface area contributed by atoms with E-state index in [-0.39, 0.29) is 36.8 Å². The quantitative estimate of drug-likeness (QED) is 0.164. The van der Waals surface area contributed by atoms with E-state index >= 15 is 0 Å². The third-order valence-electron chi connectivity index (χ3n) is 6.36. The molecule has 2 atom stereocenters. The van der Waals surface area contributed by atoms with Crippen molar-refractivity contribution in [1.29, 1.82) is 0 Å². The maximum Gasteiger partial charge on any atom is 0.317 e. The minimum Gasteiger partial charge on any atom is -0.480 e. The molecule has 7 N–H and O–H groups in total. The highest BCUT2D eigenvalue weighted by atomic mass is 16.4. The summed E-state index contributed by atoms with van der Waals surface area (Å²) in [5, 5.41) is 15.0. The topological polar surface area (TPSA) is 163 Å². The molecule has 0 bridgehead atoms. The maximum absolute atomic E-state index is 13.2. The van der Waals surface area contributed by atoms with Crippen molar-refractivity contribution in [3.63, 3.8) is 0 Å². The van der Waals surface area contributed by atoms with Crippen LogP contribution >= 0.6 is 0 Å². The number of carboxylic acid groups (broad SMARTS) is 1. The molecule has 2 fully saturated rings. The highest BCUT2D eigenvalue weighted by molar-refractivity contribution is 5.88. The molecule has 2 rings (SSSR count). The van der Waals surface area contributed by atoms with E-state index in [2.05, 4.69) is 15.6 Å². The Hall–Kier alpha value is -2.36. The summed E-state index contributed by atoms with van der Waals surface area (Å²) in [5.74, 6) is -0.607. The van der Waals surface area contributed by atoms with Crippen LogP contribution in [0.1, 0.15) is 70.6 Å². The van der Waals surface area contributed by atoms with Gasteiger partial charge in [-0.25, -0.2) is 0 Å². The molecule has 0 aromatic heterocycles. The summed E-state index contributed by atoms with van der Waals surface area (Å²) in [6.45, 7) is 1.27. The van der Waals surface area contributed by atoms with Gasteiger partial charge in [-0.3, -0.25) is 19.4 Å². The molecular weight excluding hydrogens is 412 g/mol. The maximum atomic E-state index is 13.2. The second-order valence-electron chi connectivity index (χ2n) is 8.97. The zero-order valence-electron chi connectivity index (χ0n) is 19.1. The van der Waals surface area contributed by atoms with E-state index in [4.69, 9.17) is 16.6 Å². The Morgan fingerprint density at radius 3 is 2.47 bits per heavy atom. The Kier molecular flexibility index (Phi) is 11.3. The number of carbonyl (C=O) groups is 3. The molecule has 10 heteroatoms. The lowest BCUT2D eigenvalue weighted by Crippen LogP contribution is -2.53. The number of guanidine groups is 1. The zero-order chi connectivity index (χ0) is 23.3. The van der Waals surface area contributed by atoms with E-state index in [1.165, 1.54) is 19.3 Å². The smallest absolute Gasteiger partial charge is 0.317 e. The van der Waals surface area contributed by atoms with Gasteiger partial charge in [0.15, 0.2) is 5.96 Å². The van der Waals surface area contributed by atoms with Gasteiger partial charge >= 0.3 is 5.97 Å². The van der Waals surface area contributed by atoms with E-state index in [0.29, 0.717) is 38.4 Å². The van der Waals surface area contributed by atoms with Crippen LogP contribution in [-0.2, 0) is 14.4 Å². The molecule has 1 aliphatic heterocycles. The van der Waals surface area contributed by atoms with Gasteiger partial charge in [0.2, 0.25) is 11.8 Å². The second-order valence-corrected chi connectivity index (χ2v) is 8.97. The summed E-state index contributed by atoms with van der Waals surface area (Å²) in [6.07, 6.45) is 9.96. The average Bonchev–Trinajstić information content (AvgIpc) is 2.77. The molecular formula is C22H40N6O4. The predicted molar refractivity (Wildman–Crippen MR) is 123 cm³/mol. The first-order valence-corrected chi connectivity index (χ1v) is 11.9. The Labute approximate surface area is 190 Å². The Balaban J connectivity index is 1.91. The molecule has 0 radical (unpaired) electrons. The lowest BCUT2D eigenvalue weighted by molar-refractivity contribution is -0.143. The number of carboxylic acids is 1. The molecule has 2 amide bonds. The molecule has 1 aliphatic carbocycles. The lowest BCUT2D eigenvalue weighted by atomic mass is 9.84. The molecule has 0 spiro atoms. The van der Waals surface area contributed by atoms with Crippen LogP contribution in [0.15, 0.2) is 4.99 Å². The normalized spacial score (nSPS) is 20.4. The Morgan fingerprint density at radius 2 is 1.78 bits per heavy atom. The largest absolute Gasteiger partial charge is 0.480 e. The number of aliphatic carboxylic acids is 1. The number of hydrogen-bond donors (Lipinski definition) is 5. The van der Waals surface area contributed by atoms with Crippen LogP contribution in [0.5, 0.6) is 0 Å². The molecule has 2 aliphatic rings. The summed E-state index contributed by atoms with van der Waals surface area (Å²) >= 11 is 0. The van der Waals surface area contributed by atoms with Crippen molar-refractivity contribution in [1.82, 2.24) is 15.5 Å². The SMILES string of the molecule is NC(N)=NCCCNC(=O)C1CCCCN1C(=O)CC(CC1CCCCC1)NCC(=O)O. The van der Waals surface area contributed by atoms with Gasteiger partial charge in [-0.2, -0.15) is 0 Å². The number of piperidine rings is 1. The molecule has 32 heavy (non-hydrogen) atoms. The van der Waals surface area contributed by atoms with Crippen LogP contribution in [-0.4, -0.2) is 72.0 Å². The monoisotopic (exact) mass is 452 g/mol. The van der Waals surface area contributed by atoms with Crippen LogP contribution in [0.2, 0.25) is 0 Å². The predicted octanol–water partition coefficient (Wildman–Crippen LogP) is 0.551. The number of carbonyl (C=O) groups excluding carboxylic acids is 2. The summed E-state index contributed by atoms with van der Waals surface area (Å²) in [5.41, 5.74) is 10.6. The van der Waals surface area contributed by atoms with Crippen molar-refractivity contribution in [2.75, 3.05) is 26.2 Å². The van der Waals surface area contributed by atoms with E-state index in [0.717, 1.165) is 32.1 Å². The third-order valence-corrected chi connectivity index (χ3v) is 6.36. The highest BCUT2D eigenvalue weighted by Crippen LogP contribution is 2.28. The van der Waals surface area contributed by atoms with E-state index < -0.39 is 12.0 Å². The summed E-state index contributed by atoms with van der Waals surface area (Å²) in [7, 11) is 0. The number of nitrogens with two attached hydrogens (primary N) is 2. The van der Waals surface area contributed by atoms with Gasteiger partial charge in [0.25, 0.3) is 0 Å². The van der Waals surface area contributed by atoms with Crippen molar-refractivity contribution in [3.8, 4) is 0 Å². The van der Waals surface area contributed by atoms with Gasteiger partial charge in [-0.05, 0) is 38.0 Å². The van der Waals surface area contributed by atoms with Gasteiger partial charge in [-0.1, -0.05) is 32.1 Å². The number of hydrogen-bond acceptors (Lipinski definition) is 5. The van der Waals surface area contributed by atoms with Gasteiger partial charge in [-0.15, -0.1) is 0 Å². The zero-order valence-corrected chi connectivity index (χ0v) is 19.1. The molecule has 1 heterocycles. The van der Waals surface area contributed by atoms with E-state index in [1.54, 1.807) is 4.90 Å². The summed E-state index contributed by atoms with van der Waals surface area (Å²) in [4.78, 5) is 42.6. The van der Waals surface area contributed by atoms with Crippen molar-refractivity contribution in [2.24, 2.45) is 22.4 Å². The van der Waals surface area contributed by atoms with E-state index in [1.807, 2.05) is 0 Å². The third kappa shape index (κ3) is 9.42. The first-order valence-electron chi connectivity index (χ1n) is 11.9. The highest BCUT2D eigenvalue weighted by Gasteiger charge is 2.33. The number of aliphatic imine (C=N–C) groups is 1. The molecule has 0 aromatic carbocycles. The number of amides is 2. The number of nitrogens with zero attached hydrogens (tertiary/aromatic N) is 2. The fourth-order valence-corrected chi connectivity index (χ4v) is 4.74. The minimum atomic E-state index is -0.929. The van der Waals surface area contributed by atoms with Gasteiger partial charge in [0.1, 0.15) is 6.04 Å². The van der Waals surface area contributed by atoms with E-state index in [9.17, 15) is 14.4 Å². The van der Waals surface area contributed by atoms with Crippen LogP contribution in [0, 0.1) is 5.92 Å². The summed E-state index contributed by atoms with van der Waals surface area (Å²) < 4.78 is 0. The summed E-state index contributed by atoms with van der Waals surface area (Å²) in [6, 6.07) is -0.666. The fraction of sp³-hybridized carbons (Fsp3) is 0.818. The Morgan fingerprint density at radius 1 is 1.06 bits per heavy atom. The lowest BCUT2D eigenvalue weighted by Gasteiger charge is -2.36. The number of likely N-dealkylation sites (tertiary alicyclic amines) is 1. The van der Waals surface area contributed by atoms with Crippen LogP contribution < -0.4 is 22.1 Å². The second kappa shape index (κ2) is 13.9. The number of nitrogens with one attached hydrogen (secondary N) is 2. The average molecular weight is 453 g/mol. The molecule has 1 saturated heterocycles. The first-order chi connectivity index (χ1) is 15.4. The van der Waals surface area contributed by atoms with Gasteiger partial charge in [0, 0.05) is 32.1 Å². The van der Waals surface area contributed by atoms with Gasteiger partial charge < -0.3 is 32.1 Å². The van der Waals surface area contributed by atoms with Gasteiger partial charge in [0.05, 0.1) is 6.54 Å². The van der Waals surface area contributed by atoms with Crippen molar-refractivity contribution in [2.45, 2.75) is 82.7 Å². The first kappa shape index (κ1) is 25.9. The number of rotatable bonds is 12. The molecule has 0 aromatic rings. The van der Waals surface area contributed by atoms with Crippen LogP contribution in [0.4, 0.5) is 0 Å². The van der Waals surface area contributed by atoms with Crippen molar-refractivity contribution >= 4 is 23.7 Å². The minimum absolute atomic E-state index is 0.0275. The standard InChI is InChI=1S/C22H40N6O4/c23-22(24)26-11-6-10-25-21(32)18-9-4-5-12-28(18)19(29)14-17(27-15-20(30)31)13-16-7-2-1-3-8-16/h16-18,27H,1-15H2,(H,25,32)(H,30,31)(H4,23,24,26). The molecule has 10 nitrogen and oxygen atoms in total. The van der Waals surface area contributed by atoms with Crippen LogP contribution in [0.3, 0.4) is 0 Å². The fourth-order valence-electron chi connectivity index (χ4n) is 4.74. The molecule has 2 unspecified atom stereocenters.